The molecule has 2 aromatic heterocycles. The fourth-order valence-electron chi connectivity index (χ4n) is 4.29. The van der Waals surface area contributed by atoms with Crippen LogP contribution in [0.1, 0.15) is 37.3 Å². The molecule has 8 nitrogen and oxygen atoms in total. The minimum Gasteiger partial charge on any atom is -0.493 e. The summed E-state index contributed by atoms with van der Waals surface area (Å²) in [4.78, 5) is 18.4. The van der Waals surface area contributed by atoms with Gasteiger partial charge in [0, 0.05) is 30.5 Å². The number of rotatable bonds is 10. The molecule has 0 atom stereocenters. The number of likely N-dealkylation sites (tertiary alicyclic amines) is 1. The normalized spacial score (nSPS) is 14.9. The quantitative estimate of drug-likeness (QED) is 0.339. The summed E-state index contributed by atoms with van der Waals surface area (Å²) in [5.74, 6) is 0.863. The molecule has 182 valence electrons. The number of aromatic nitrogens is 1. The van der Waals surface area contributed by atoms with Gasteiger partial charge in [-0.3, -0.25) is 9.88 Å². The average molecular weight is 468 g/mol. The molecule has 0 radical (unpaired) electrons. The molecule has 1 aliphatic heterocycles. The SMILES string of the molecule is CCOC(=O)Oc1oc2cccc(OCCCNC3CCN(Cc4cccnc4)CC3)c2c1C. The zero-order valence-electron chi connectivity index (χ0n) is 19.9. The highest BCUT2D eigenvalue weighted by molar-refractivity contribution is 5.89. The summed E-state index contributed by atoms with van der Waals surface area (Å²) in [6.07, 6.45) is 6.19. The third-order valence-corrected chi connectivity index (χ3v) is 6.04. The van der Waals surface area contributed by atoms with Crippen LogP contribution in [-0.2, 0) is 11.3 Å². The number of hydrogen-bond acceptors (Lipinski definition) is 8. The Labute approximate surface area is 200 Å². The maximum atomic E-state index is 11.7. The van der Waals surface area contributed by atoms with Crippen molar-refractivity contribution in [3.8, 4) is 11.7 Å². The Morgan fingerprint density at radius 1 is 1.24 bits per heavy atom. The van der Waals surface area contributed by atoms with Gasteiger partial charge in [0.1, 0.15) is 11.3 Å². The van der Waals surface area contributed by atoms with Crippen LogP contribution in [0.15, 0.2) is 47.1 Å². The lowest BCUT2D eigenvalue weighted by Crippen LogP contribution is -2.42. The summed E-state index contributed by atoms with van der Waals surface area (Å²) in [6, 6.07) is 10.3. The van der Waals surface area contributed by atoms with E-state index in [0.717, 1.165) is 62.1 Å². The van der Waals surface area contributed by atoms with Crippen molar-refractivity contribution < 1.29 is 23.4 Å². The van der Waals surface area contributed by atoms with Crippen LogP contribution in [0.5, 0.6) is 11.7 Å². The second-order valence-electron chi connectivity index (χ2n) is 8.50. The van der Waals surface area contributed by atoms with Crippen LogP contribution in [0.4, 0.5) is 4.79 Å². The summed E-state index contributed by atoms with van der Waals surface area (Å²) in [7, 11) is 0. The average Bonchev–Trinajstić information content (AvgIpc) is 3.16. The number of benzene rings is 1. The minimum atomic E-state index is -0.777. The first kappa shape index (κ1) is 24.0. The van der Waals surface area contributed by atoms with E-state index in [1.165, 1.54) is 5.56 Å². The Hall–Kier alpha value is -3.10. The van der Waals surface area contributed by atoms with Crippen LogP contribution < -0.4 is 14.8 Å². The van der Waals surface area contributed by atoms with Gasteiger partial charge in [-0.1, -0.05) is 12.1 Å². The number of hydrogen-bond donors (Lipinski definition) is 1. The van der Waals surface area contributed by atoms with Crippen molar-refractivity contribution in [3.63, 3.8) is 0 Å². The largest absolute Gasteiger partial charge is 0.516 e. The predicted octanol–water partition coefficient (Wildman–Crippen LogP) is 4.69. The molecule has 1 aromatic carbocycles. The maximum absolute atomic E-state index is 11.7. The van der Waals surface area contributed by atoms with Crippen molar-refractivity contribution in [2.45, 2.75) is 45.7 Å². The van der Waals surface area contributed by atoms with Gasteiger partial charge in [0.05, 0.1) is 18.6 Å². The lowest BCUT2D eigenvalue weighted by atomic mass is 10.0. The summed E-state index contributed by atoms with van der Waals surface area (Å²) in [5, 5.41) is 4.49. The van der Waals surface area contributed by atoms with E-state index < -0.39 is 6.16 Å². The number of furan rings is 1. The molecule has 0 unspecified atom stereocenters. The Morgan fingerprint density at radius 3 is 2.85 bits per heavy atom. The van der Waals surface area contributed by atoms with E-state index >= 15 is 0 Å². The molecule has 4 rings (SSSR count). The van der Waals surface area contributed by atoms with Gasteiger partial charge in [0.2, 0.25) is 0 Å². The van der Waals surface area contributed by atoms with Crippen LogP contribution in [0.2, 0.25) is 0 Å². The molecule has 3 heterocycles. The summed E-state index contributed by atoms with van der Waals surface area (Å²) in [5.41, 5.74) is 2.61. The minimum absolute atomic E-state index is 0.140. The van der Waals surface area contributed by atoms with Gasteiger partial charge in [0.15, 0.2) is 0 Å². The Bertz CT molecular complexity index is 1060. The standard InChI is InChI=1S/C26H33N3O5/c1-3-31-26(30)34-25-19(2)24-22(8-4-9-23(24)33-25)32-16-6-13-28-21-10-14-29(15-11-21)18-20-7-5-12-27-17-20/h4-5,7-9,12,17,21,28H,3,6,10-11,13-16,18H2,1-2H3. The zero-order chi connectivity index (χ0) is 23.8. The molecule has 1 fully saturated rings. The van der Waals surface area contributed by atoms with E-state index in [1.807, 2.05) is 43.6 Å². The van der Waals surface area contributed by atoms with Crippen LogP contribution in [0.3, 0.4) is 0 Å². The van der Waals surface area contributed by atoms with E-state index in [2.05, 4.69) is 21.3 Å². The Kier molecular flexibility index (Phi) is 8.38. The van der Waals surface area contributed by atoms with E-state index in [1.54, 1.807) is 6.92 Å². The predicted molar refractivity (Wildman–Crippen MR) is 129 cm³/mol. The van der Waals surface area contributed by atoms with Crippen LogP contribution in [-0.4, -0.2) is 54.9 Å². The van der Waals surface area contributed by atoms with Gasteiger partial charge in [-0.15, -0.1) is 0 Å². The van der Waals surface area contributed by atoms with Crippen LogP contribution in [0.25, 0.3) is 11.0 Å². The molecule has 8 heteroatoms. The van der Waals surface area contributed by atoms with E-state index in [9.17, 15) is 4.79 Å². The first-order valence-electron chi connectivity index (χ1n) is 12.0. The number of nitrogens with one attached hydrogen (secondary N) is 1. The van der Waals surface area contributed by atoms with Gasteiger partial charge in [-0.05, 0) is 76.5 Å². The molecule has 0 bridgehead atoms. The van der Waals surface area contributed by atoms with Gasteiger partial charge in [-0.25, -0.2) is 4.79 Å². The second kappa shape index (κ2) is 11.9. The van der Waals surface area contributed by atoms with Crippen molar-refractivity contribution in [2.24, 2.45) is 0 Å². The Balaban J connectivity index is 1.20. The fourth-order valence-corrected chi connectivity index (χ4v) is 4.29. The maximum Gasteiger partial charge on any atom is 0.516 e. The topological polar surface area (TPSA) is 86.1 Å². The van der Waals surface area contributed by atoms with Gasteiger partial charge < -0.3 is 23.9 Å². The van der Waals surface area contributed by atoms with Crippen LogP contribution in [0, 0.1) is 6.92 Å². The lowest BCUT2D eigenvalue weighted by molar-refractivity contribution is 0.0953. The number of piperidine rings is 1. The molecule has 1 saturated heterocycles. The summed E-state index contributed by atoms with van der Waals surface area (Å²) >= 11 is 0. The first-order chi connectivity index (χ1) is 16.6. The molecule has 3 aromatic rings. The van der Waals surface area contributed by atoms with Crippen molar-refractivity contribution in [3.05, 3.63) is 53.9 Å². The first-order valence-corrected chi connectivity index (χ1v) is 12.0. The fraction of sp³-hybridized carbons (Fsp3) is 0.462. The third-order valence-electron chi connectivity index (χ3n) is 6.04. The molecule has 0 aliphatic carbocycles. The lowest BCUT2D eigenvalue weighted by Gasteiger charge is -2.32. The highest BCUT2D eigenvalue weighted by Crippen LogP contribution is 2.37. The van der Waals surface area contributed by atoms with Gasteiger partial charge in [0.25, 0.3) is 5.95 Å². The van der Waals surface area contributed by atoms with Crippen LogP contribution >= 0.6 is 0 Å². The molecule has 1 N–H and O–H groups in total. The van der Waals surface area contributed by atoms with E-state index in [-0.39, 0.29) is 12.6 Å². The highest BCUT2D eigenvalue weighted by Gasteiger charge is 2.20. The second-order valence-corrected chi connectivity index (χ2v) is 8.50. The summed E-state index contributed by atoms with van der Waals surface area (Å²) in [6.45, 7) is 8.47. The molecule has 0 saturated carbocycles. The molecule has 1 aliphatic rings. The summed E-state index contributed by atoms with van der Waals surface area (Å²) < 4.78 is 21.8. The molecular formula is C26H33N3O5. The van der Waals surface area contributed by atoms with Gasteiger partial charge >= 0.3 is 6.16 Å². The smallest absolute Gasteiger partial charge is 0.493 e. The number of nitrogens with zero attached hydrogens (tertiary/aromatic N) is 2. The van der Waals surface area contributed by atoms with E-state index in [0.29, 0.717) is 18.2 Å². The van der Waals surface area contributed by atoms with Crippen molar-refractivity contribution in [1.82, 2.24) is 15.2 Å². The number of ether oxygens (including phenoxy) is 3. The van der Waals surface area contributed by atoms with Crippen molar-refractivity contribution in [1.29, 1.82) is 0 Å². The van der Waals surface area contributed by atoms with Gasteiger partial charge in [-0.2, -0.15) is 0 Å². The highest BCUT2D eigenvalue weighted by atomic mass is 16.8. The molecule has 0 amide bonds. The van der Waals surface area contributed by atoms with E-state index in [4.69, 9.17) is 18.6 Å². The Morgan fingerprint density at radius 2 is 2.09 bits per heavy atom. The number of carbonyl (C=O) groups is 1. The number of pyridine rings is 1. The third kappa shape index (κ3) is 6.27. The number of aryl methyl sites for hydroxylation is 1. The molecular weight excluding hydrogens is 434 g/mol. The molecule has 0 spiro atoms. The number of fused-ring (bicyclic) bond motifs is 1. The number of carbonyl (C=O) groups excluding carboxylic acids is 1. The van der Waals surface area contributed by atoms with Crippen molar-refractivity contribution in [2.75, 3.05) is 32.8 Å². The monoisotopic (exact) mass is 467 g/mol. The van der Waals surface area contributed by atoms with Crippen molar-refractivity contribution >= 4 is 17.1 Å². The molecule has 34 heavy (non-hydrogen) atoms. The zero-order valence-corrected chi connectivity index (χ0v) is 19.9.